The molecule has 0 bridgehead atoms. The lowest BCUT2D eigenvalue weighted by Crippen LogP contribution is -2.47. The molecular weight excluding hydrogens is 462 g/mol. The first-order valence-electron chi connectivity index (χ1n) is 11.8. The lowest BCUT2D eigenvalue weighted by Gasteiger charge is -2.37. The average Bonchev–Trinajstić information content (AvgIpc) is 3.48. The van der Waals surface area contributed by atoms with Crippen molar-refractivity contribution in [2.45, 2.75) is 13.5 Å². The molecule has 11 heteroatoms. The number of hydrogen-bond donors (Lipinski definition) is 1. The summed E-state index contributed by atoms with van der Waals surface area (Å²) in [6, 6.07) is 13.5. The van der Waals surface area contributed by atoms with Gasteiger partial charge in [-0.3, -0.25) is 4.79 Å². The number of benzene rings is 2. The number of para-hydroxylation sites is 1. The van der Waals surface area contributed by atoms with Crippen molar-refractivity contribution in [3.05, 3.63) is 70.9 Å². The standard InChI is InChI=1S/C25H25N7O4/c1-17-4-2-3-5-19(17)29-10-12-30(13-11-29)23-24-28-32(25(34)31(24)9-8-26-23)15-22(33)27-18-6-7-20-21(14-18)36-16-35-20/h2-9,14H,10-13,15-16H2,1H3,(H,27,33). The van der Waals surface area contributed by atoms with Gasteiger partial charge in [0.2, 0.25) is 18.3 Å². The molecule has 0 spiro atoms. The molecule has 0 saturated carbocycles. The molecule has 4 heterocycles. The number of aryl methyl sites for hydroxylation is 1. The minimum atomic E-state index is -0.395. The van der Waals surface area contributed by atoms with E-state index in [1.165, 1.54) is 15.7 Å². The highest BCUT2D eigenvalue weighted by Gasteiger charge is 2.23. The monoisotopic (exact) mass is 487 g/mol. The molecule has 0 atom stereocenters. The number of nitrogens with one attached hydrogen (secondary N) is 1. The van der Waals surface area contributed by atoms with Crippen LogP contribution in [0.5, 0.6) is 11.5 Å². The van der Waals surface area contributed by atoms with Crippen LogP contribution in [0.2, 0.25) is 0 Å². The van der Waals surface area contributed by atoms with Gasteiger partial charge in [-0.2, -0.15) is 0 Å². The van der Waals surface area contributed by atoms with Crippen LogP contribution in [0.15, 0.2) is 59.7 Å². The number of amides is 1. The number of rotatable bonds is 5. The summed E-state index contributed by atoms with van der Waals surface area (Å²) in [4.78, 5) is 34.7. The van der Waals surface area contributed by atoms with E-state index in [0.717, 1.165) is 30.9 Å². The highest BCUT2D eigenvalue weighted by atomic mass is 16.7. The van der Waals surface area contributed by atoms with Gasteiger partial charge < -0.3 is 24.6 Å². The highest BCUT2D eigenvalue weighted by Crippen LogP contribution is 2.34. The van der Waals surface area contributed by atoms with E-state index in [0.29, 0.717) is 28.7 Å². The van der Waals surface area contributed by atoms with Crippen LogP contribution in [-0.4, -0.2) is 58.0 Å². The summed E-state index contributed by atoms with van der Waals surface area (Å²) in [5, 5.41) is 7.24. The second-order valence-corrected chi connectivity index (χ2v) is 8.76. The van der Waals surface area contributed by atoms with Gasteiger partial charge in [-0.05, 0) is 30.7 Å². The Morgan fingerprint density at radius 3 is 2.64 bits per heavy atom. The van der Waals surface area contributed by atoms with Crippen LogP contribution in [0.4, 0.5) is 17.2 Å². The SMILES string of the molecule is Cc1ccccc1N1CCN(c2nccn3c(=O)n(CC(=O)Nc4ccc5c(c4)OCO5)nc23)CC1. The third kappa shape index (κ3) is 3.98. The molecule has 184 valence electrons. The van der Waals surface area contributed by atoms with Crippen molar-refractivity contribution >= 4 is 28.7 Å². The van der Waals surface area contributed by atoms with Gasteiger partial charge >= 0.3 is 5.69 Å². The molecular formula is C25H25N7O4. The molecule has 2 aromatic heterocycles. The second-order valence-electron chi connectivity index (χ2n) is 8.76. The fourth-order valence-corrected chi connectivity index (χ4v) is 4.65. The number of hydrogen-bond acceptors (Lipinski definition) is 8. The van der Waals surface area contributed by atoms with Gasteiger partial charge in [-0.25, -0.2) is 18.9 Å². The van der Waals surface area contributed by atoms with Crippen LogP contribution < -0.4 is 30.3 Å². The molecule has 1 N–H and O–H groups in total. The fraction of sp³-hybridized carbons (Fsp3) is 0.280. The van der Waals surface area contributed by atoms with Crippen molar-refractivity contribution in [1.82, 2.24) is 19.2 Å². The van der Waals surface area contributed by atoms with Gasteiger partial charge in [0.15, 0.2) is 17.3 Å². The van der Waals surface area contributed by atoms with Crippen molar-refractivity contribution in [1.29, 1.82) is 0 Å². The molecule has 0 unspecified atom stereocenters. The van der Waals surface area contributed by atoms with E-state index in [4.69, 9.17) is 9.47 Å². The molecule has 1 saturated heterocycles. The Labute approximate surface area is 206 Å². The summed E-state index contributed by atoms with van der Waals surface area (Å²) in [5.74, 6) is 1.45. The molecule has 0 radical (unpaired) electrons. The molecule has 36 heavy (non-hydrogen) atoms. The first-order valence-corrected chi connectivity index (χ1v) is 11.8. The van der Waals surface area contributed by atoms with Crippen LogP contribution in [-0.2, 0) is 11.3 Å². The van der Waals surface area contributed by atoms with E-state index in [9.17, 15) is 9.59 Å². The maximum absolute atomic E-state index is 13.0. The van der Waals surface area contributed by atoms with Gasteiger partial charge in [-0.15, -0.1) is 5.10 Å². The van der Waals surface area contributed by atoms with E-state index in [-0.39, 0.29) is 19.2 Å². The summed E-state index contributed by atoms with van der Waals surface area (Å²) in [6.45, 7) is 5.19. The minimum absolute atomic E-state index is 0.153. The van der Waals surface area contributed by atoms with E-state index >= 15 is 0 Å². The average molecular weight is 488 g/mol. The van der Waals surface area contributed by atoms with Crippen molar-refractivity contribution < 1.29 is 14.3 Å². The molecule has 2 aliphatic heterocycles. The van der Waals surface area contributed by atoms with Gasteiger partial charge in [0.05, 0.1) is 0 Å². The first kappa shape index (κ1) is 22.0. The largest absolute Gasteiger partial charge is 0.454 e. The predicted octanol–water partition coefficient (Wildman–Crippen LogP) is 1.89. The molecule has 11 nitrogen and oxygen atoms in total. The van der Waals surface area contributed by atoms with Crippen LogP contribution in [0, 0.1) is 6.92 Å². The molecule has 1 amide bonds. The minimum Gasteiger partial charge on any atom is -0.454 e. The molecule has 1 fully saturated rings. The maximum Gasteiger partial charge on any atom is 0.350 e. The zero-order chi connectivity index (χ0) is 24.6. The molecule has 2 aromatic carbocycles. The van der Waals surface area contributed by atoms with Gasteiger partial charge in [0.1, 0.15) is 6.54 Å². The van der Waals surface area contributed by atoms with E-state index in [1.54, 1.807) is 30.6 Å². The zero-order valence-electron chi connectivity index (χ0n) is 19.8. The van der Waals surface area contributed by atoms with Gasteiger partial charge in [0.25, 0.3) is 0 Å². The Hall–Kier alpha value is -4.54. The number of fused-ring (bicyclic) bond motifs is 2. The van der Waals surface area contributed by atoms with Crippen molar-refractivity contribution in [2.24, 2.45) is 0 Å². The van der Waals surface area contributed by atoms with Crippen molar-refractivity contribution in [3.63, 3.8) is 0 Å². The van der Waals surface area contributed by atoms with Crippen molar-refractivity contribution in [2.75, 3.05) is 48.1 Å². The number of anilines is 3. The topological polar surface area (TPSA) is 106 Å². The molecule has 2 aliphatic rings. The van der Waals surface area contributed by atoms with Crippen LogP contribution in [0.25, 0.3) is 5.65 Å². The van der Waals surface area contributed by atoms with E-state index < -0.39 is 5.69 Å². The molecule has 4 aromatic rings. The Bertz CT molecular complexity index is 1500. The lowest BCUT2D eigenvalue weighted by atomic mass is 10.1. The number of ether oxygens (including phenoxy) is 2. The second kappa shape index (κ2) is 8.91. The number of carbonyl (C=O) groups excluding carboxylic acids is 1. The number of carbonyl (C=O) groups is 1. The van der Waals surface area contributed by atoms with Crippen LogP contribution >= 0.6 is 0 Å². The molecule has 0 aliphatic carbocycles. The van der Waals surface area contributed by atoms with Crippen LogP contribution in [0.3, 0.4) is 0 Å². The molecule has 6 rings (SSSR count). The third-order valence-corrected chi connectivity index (χ3v) is 6.47. The first-order chi connectivity index (χ1) is 17.6. The van der Waals surface area contributed by atoms with E-state index in [1.807, 2.05) is 6.07 Å². The zero-order valence-corrected chi connectivity index (χ0v) is 19.8. The summed E-state index contributed by atoms with van der Waals surface area (Å²) in [6.07, 6.45) is 3.17. The lowest BCUT2D eigenvalue weighted by molar-refractivity contribution is -0.117. The summed E-state index contributed by atoms with van der Waals surface area (Å²) in [7, 11) is 0. The Morgan fingerprint density at radius 1 is 1.03 bits per heavy atom. The van der Waals surface area contributed by atoms with Gasteiger partial charge in [0, 0.05) is 56.0 Å². The smallest absolute Gasteiger partial charge is 0.350 e. The Kier molecular flexibility index (Phi) is 5.44. The summed E-state index contributed by atoms with van der Waals surface area (Å²) in [5.41, 5.74) is 3.07. The normalized spacial score (nSPS) is 14.9. The van der Waals surface area contributed by atoms with Gasteiger partial charge in [-0.1, -0.05) is 18.2 Å². The summed E-state index contributed by atoms with van der Waals surface area (Å²) < 4.78 is 13.2. The highest BCUT2D eigenvalue weighted by molar-refractivity contribution is 5.91. The fourth-order valence-electron chi connectivity index (χ4n) is 4.65. The number of nitrogens with zero attached hydrogens (tertiary/aromatic N) is 6. The van der Waals surface area contributed by atoms with E-state index in [2.05, 4.69) is 50.3 Å². The maximum atomic E-state index is 13.0. The van der Waals surface area contributed by atoms with Crippen molar-refractivity contribution in [3.8, 4) is 11.5 Å². The Balaban J connectivity index is 1.18. The number of aromatic nitrogens is 4. The quantitative estimate of drug-likeness (QED) is 0.455. The number of piperazine rings is 1. The summed E-state index contributed by atoms with van der Waals surface area (Å²) >= 11 is 0. The third-order valence-electron chi connectivity index (χ3n) is 6.47. The predicted molar refractivity (Wildman–Crippen MR) is 134 cm³/mol. The van der Waals surface area contributed by atoms with Crippen LogP contribution in [0.1, 0.15) is 5.56 Å². The Morgan fingerprint density at radius 2 is 1.81 bits per heavy atom.